The maximum atomic E-state index is 6.21. The van der Waals surface area contributed by atoms with E-state index >= 15 is 0 Å². The molecule has 0 spiro atoms. The van der Waals surface area contributed by atoms with Crippen LogP contribution in [0.15, 0.2) is 49.2 Å². The van der Waals surface area contributed by atoms with Crippen LogP contribution in [0.3, 0.4) is 0 Å². The molecule has 5 rings (SSSR count). The summed E-state index contributed by atoms with van der Waals surface area (Å²) in [6.45, 7) is 0. The van der Waals surface area contributed by atoms with E-state index in [-0.39, 0.29) is 0 Å². The molecule has 134 valence electrons. The van der Waals surface area contributed by atoms with Gasteiger partial charge in [0.1, 0.15) is 0 Å². The number of nitrogens with two attached hydrogens (primary N) is 2. The minimum atomic E-state index is 0.500. The third-order valence-electron chi connectivity index (χ3n) is 4.60. The van der Waals surface area contributed by atoms with E-state index in [0.717, 1.165) is 27.7 Å². The van der Waals surface area contributed by atoms with Crippen molar-refractivity contribution < 1.29 is 0 Å². The van der Waals surface area contributed by atoms with E-state index in [9.17, 15) is 0 Å². The molecule has 0 unspecified atom stereocenters. The van der Waals surface area contributed by atoms with Gasteiger partial charge < -0.3 is 16.8 Å². The number of hydrogen-bond donors (Lipinski definition) is 3. The van der Waals surface area contributed by atoms with Gasteiger partial charge in [-0.2, -0.15) is 5.10 Å². The normalized spacial score (nSPS) is 13.8. The Labute approximate surface area is 155 Å². The average molecular weight is 358 g/mol. The van der Waals surface area contributed by atoms with Crippen molar-refractivity contribution in [2.45, 2.75) is 18.9 Å². The van der Waals surface area contributed by atoms with E-state index in [0.29, 0.717) is 23.4 Å². The second-order valence-corrected chi connectivity index (χ2v) is 6.76. The van der Waals surface area contributed by atoms with Crippen molar-refractivity contribution >= 4 is 33.9 Å². The second-order valence-electron chi connectivity index (χ2n) is 6.76. The SMILES string of the molecule is Nc1cncc(-c2cc(N)c3cnc(Nc4cnn(C5CC5)c4)nc3c2)c1. The Morgan fingerprint density at radius 1 is 1.00 bits per heavy atom. The summed E-state index contributed by atoms with van der Waals surface area (Å²) >= 11 is 0. The Morgan fingerprint density at radius 2 is 1.89 bits per heavy atom. The lowest BCUT2D eigenvalue weighted by Crippen LogP contribution is -1.99. The Bertz CT molecular complexity index is 1150. The van der Waals surface area contributed by atoms with Crippen LogP contribution in [0.25, 0.3) is 22.0 Å². The number of anilines is 4. The van der Waals surface area contributed by atoms with Gasteiger partial charge in [0.15, 0.2) is 0 Å². The summed E-state index contributed by atoms with van der Waals surface area (Å²) in [5.41, 5.74) is 16.7. The van der Waals surface area contributed by atoms with Gasteiger partial charge in [0.25, 0.3) is 0 Å². The van der Waals surface area contributed by atoms with Gasteiger partial charge >= 0.3 is 0 Å². The molecule has 1 saturated carbocycles. The van der Waals surface area contributed by atoms with Gasteiger partial charge in [-0.25, -0.2) is 9.97 Å². The van der Waals surface area contributed by atoms with Gasteiger partial charge in [-0.1, -0.05) is 0 Å². The third kappa shape index (κ3) is 3.01. The van der Waals surface area contributed by atoms with Gasteiger partial charge in [-0.05, 0) is 36.6 Å². The van der Waals surface area contributed by atoms with E-state index in [1.54, 1.807) is 24.8 Å². The van der Waals surface area contributed by atoms with Crippen LogP contribution in [0, 0.1) is 0 Å². The van der Waals surface area contributed by atoms with Crippen molar-refractivity contribution in [2.75, 3.05) is 16.8 Å². The van der Waals surface area contributed by atoms with Gasteiger partial charge in [0.05, 0.1) is 29.1 Å². The van der Waals surface area contributed by atoms with E-state index in [1.165, 1.54) is 12.8 Å². The summed E-state index contributed by atoms with van der Waals surface area (Å²) in [5, 5.41) is 8.38. The highest BCUT2D eigenvalue weighted by Gasteiger charge is 2.24. The Hall–Kier alpha value is -3.68. The molecule has 0 aliphatic heterocycles. The van der Waals surface area contributed by atoms with Crippen LogP contribution in [0.1, 0.15) is 18.9 Å². The fraction of sp³-hybridized carbons (Fsp3) is 0.158. The van der Waals surface area contributed by atoms with Crippen LogP contribution in [-0.2, 0) is 0 Å². The maximum Gasteiger partial charge on any atom is 0.227 e. The minimum Gasteiger partial charge on any atom is -0.398 e. The van der Waals surface area contributed by atoms with Crippen LogP contribution in [-0.4, -0.2) is 24.7 Å². The molecule has 1 aromatic carbocycles. The molecule has 0 bridgehead atoms. The average Bonchev–Trinajstić information content (AvgIpc) is 3.41. The highest BCUT2D eigenvalue weighted by molar-refractivity contribution is 5.94. The molecule has 27 heavy (non-hydrogen) atoms. The number of nitrogen functional groups attached to an aromatic ring is 2. The topological polar surface area (TPSA) is 121 Å². The first kappa shape index (κ1) is 15.6. The first-order valence-electron chi connectivity index (χ1n) is 8.74. The number of rotatable bonds is 4. The van der Waals surface area contributed by atoms with Gasteiger partial charge in [0.2, 0.25) is 5.95 Å². The molecule has 4 aromatic rings. The number of aromatic nitrogens is 5. The molecule has 8 heteroatoms. The molecule has 3 heterocycles. The van der Waals surface area contributed by atoms with Crippen molar-refractivity contribution in [3.63, 3.8) is 0 Å². The zero-order chi connectivity index (χ0) is 18.4. The second kappa shape index (κ2) is 5.94. The molecule has 5 N–H and O–H groups in total. The lowest BCUT2D eigenvalue weighted by atomic mass is 10.0. The third-order valence-corrected chi connectivity index (χ3v) is 4.60. The van der Waals surface area contributed by atoms with Gasteiger partial charge in [0, 0.05) is 41.4 Å². The van der Waals surface area contributed by atoms with E-state index in [1.807, 2.05) is 29.1 Å². The zero-order valence-electron chi connectivity index (χ0n) is 14.5. The molecule has 1 fully saturated rings. The first-order valence-corrected chi connectivity index (χ1v) is 8.74. The lowest BCUT2D eigenvalue weighted by Gasteiger charge is -2.09. The van der Waals surface area contributed by atoms with E-state index in [4.69, 9.17) is 11.5 Å². The number of nitrogens with one attached hydrogen (secondary N) is 1. The van der Waals surface area contributed by atoms with Crippen LogP contribution in [0.4, 0.5) is 23.0 Å². The smallest absolute Gasteiger partial charge is 0.227 e. The van der Waals surface area contributed by atoms with Crippen molar-refractivity contribution in [1.82, 2.24) is 24.7 Å². The maximum absolute atomic E-state index is 6.21. The summed E-state index contributed by atoms with van der Waals surface area (Å²) in [5.74, 6) is 0.500. The molecular formula is C19H18N8. The number of pyridine rings is 1. The summed E-state index contributed by atoms with van der Waals surface area (Å²) in [6, 6.07) is 6.24. The van der Waals surface area contributed by atoms with E-state index < -0.39 is 0 Å². The molecule has 3 aromatic heterocycles. The first-order chi connectivity index (χ1) is 13.2. The monoisotopic (exact) mass is 358 g/mol. The van der Waals surface area contributed by atoms with Gasteiger partial charge in [-0.15, -0.1) is 0 Å². The number of hydrogen-bond acceptors (Lipinski definition) is 7. The number of benzene rings is 1. The highest BCUT2D eigenvalue weighted by atomic mass is 15.3. The van der Waals surface area contributed by atoms with Crippen molar-refractivity contribution in [2.24, 2.45) is 0 Å². The molecule has 1 aliphatic carbocycles. The van der Waals surface area contributed by atoms with Crippen LogP contribution < -0.4 is 16.8 Å². The molecule has 0 amide bonds. The fourth-order valence-corrected chi connectivity index (χ4v) is 3.07. The standard InChI is InChI=1S/C19H18N8/c20-13-3-12(6-22-7-13)11-4-17(21)16-9-23-19(26-18(16)5-11)25-14-8-24-27(10-14)15-1-2-15/h3-10,15H,1-2,20-21H2,(H,23,25,26). The summed E-state index contributed by atoms with van der Waals surface area (Å²) < 4.78 is 1.98. The van der Waals surface area contributed by atoms with E-state index in [2.05, 4.69) is 25.4 Å². The van der Waals surface area contributed by atoms with Crippen LogP contribution >= 0.6 is 0 Å². The molecule has 0 radical (unpaired) electrons. The van der Waals surface area contributed by atoms with Crippen molar-refractivity contribution in [3.05, 3.63) is 49.2 Å². The van der Waals surface area contributed by atoms with Crippen LogP contribution in [0.5, 0.6) is 0 Å². The van der Waals surface area contributed by atoms with Crippen molar-refractivity contribution in [3.8, 4) is 11.1 Å². The predicted octanol–water partition coefficient (Wildman–Crippen LogP) is 3.13. The Kier molecular flexibility index (Phi) is 3.43. The predicted molar refractivity (Wildman–Crippen MR) is 105 cm³/mol. The molecule has 0 saturated heterocycles. The minimum absolute atomic E-state index is 0.500. The highest BCUT2D eigenvalue weighted by Crippen LogP contribution is 2.35. The zero-order valence-corrected chi connectivity index (χ0v) is 14.5. The van der Waals surface area contributed by atoms with Crippen molar-refractivity contribution in [1.29, 1.82) is 0 Å². The summed E-state index contributed by atoms with van der Waals surface area (Å²) in [4.78, 5) is 13.1. The molecule has 0 atom stereocenters. The number of nitrogens with zero attached hydrogens (tertiary/aromatic N) is 5. The molecule has 1 aliphatic rings. The van der Waals surface area contributed by atoms with Crippen LogP contribution in [0.2, 0.25) is 0 Å². The molecule has 8 nitrogen and oxygen atoms in total. The van der Waals surface area contributed by atoms with Gasteiger partial charge in [-0.3, -0.25) is 9.67 Å². The quantitative estimate of drug-likeness (QED) is 0.479. The largest absolute Gasteiger partial charge is 0.398 e. The number of fused-ring (bicyclic) bond motifs is 1. The summed E-state index contributed by atoms with van der Waals surface area (Å²) in [6.07, 6.45) is 11.2. The summed E-state index contributed by atoms with van der Waals surface area (Å²) in [7, 11) is 0. The Balaban J connectivity index is 1.51. The fourth-order valence-electron chi connectivity index (χ4n) is 3.07. The Morgan fingerprint density at radius 3 is 2.70 bits per heavy atom. The lowest BCUT2D eigenvalue weighted by molar-refractivity contribution is 0.642. The molecular weight excluding hydrogens is 340 g/mol.